The van der Waals surface area contributed by atoms with E-state index in [0.717, 1.165) is 5.56 Å². The second-order valence-electron chi connectivity index (χ2n) is 5.36. The normalized spacial score (nSPS) is 14.8. The fourth-order valence-corrected chi connectivity index (χ4v) is 3.18. The molecular weight excluding hydrogens is 274 g/mol. The first kappa shape index (κ1) is 16.6. The molecule has 0 fully saturated rings. The minimum atomic E-state index is -3.62. The van der Waals surface area contributed by atoms with Crippen LogP contribution in [-0.4, -0.2) is 20.5 Å². The number of nitrogens with zero attached hydrogens (tertiary/aromatic N) is 1. The second-order valence-corrected chi connectivity index (χ2v) is 7.04. The number of nitrogens with one attached hydrogen (secondary N) is 1. The van der Waals surface area contributed by atoms with Gasteiger partial charge in [0.05, 0.1) is 17.4 Å². The lowest BCUT2D eigenvalue weighted by Crippen LogP contribution is -2.54. The van der Waals surface area contributed by atoms with Crippen LogP contribution in [-0.2, 0) is 16.4 Å². The molecule has 0 heterocycles. The lowest BCUT2D eigenvalue weighted by molar-refractivity contribution is 0.315. The van der Waals surface area contributed by atoms with Crippen molar-refractivity contribution in [3.05, 3.63) is 29.8 Å². The fraction of sp³-hybridized carbons (Fsp3) is 0.500. The van der Waals surface area contributed by atoms with E-state index in [0.29, 0.717) is 0 Å². The van der Waals surface area contributed by atoms with E-state index >= 15 is 0 Å². The van der Waals surface area contributed by atoms with Crippen molar-refractivity contribution in [3.8, 4) is 6.07 Å². The first-order valence-corrected chi connectivity index (χ1v) is 7.93. The SMILES string of the molecule is CC(C)C(C)(CN)NS(=O)(=O)c1ccc(CC#N)cc1. The molecule has 0 saturated heterocycles. The van der Waals surface area contributed by atoms with E-state index in [-0.39, 0.29) is 23.8 Å². The minimum Gasteiger partial charge on any atom is -0.329 e. The zero-order chi connectivity index (χ0) is 15.4. The van der Waals surface area contributed by atoms with Gasteiger partial charge in [-0.2, -0.15) is 5.26 Å². The van der Waals surface area contributed by atoms with Crippen LogP contribution in [0, 0.1) is 17.2 Å². The summed E-state index contributed by atoms with van der Waals surface area (Å²) in [5.41, 5.74) is 5.79. The Labute approximate surface area is 120 Å². The molecule has 5 nitrogen and oxygen atoms in total. The van der Waals surface area contributed by atoms with Gasteiger partial charge in [-0.1, -0.05) is 26.0 Å². The van der Waals surface area contributed by atoms with E-state index < -0.39 is 15.6 Å². The maximum absolute atomic E-state index is 12.3. The van der Waals surface area contributed by atoms with Gasteiger partial charge in [0.1, 0.15) is 0 Å². The Morgan fingerprint density at radius 3 is 2.30 bits per heavy atom. The topological polar surface area (TPSA) is 96.0 Å². The van der Waals surface area contributed by atoms with Crippen molar-refractivity contribution in [2.45, 2.75) is 37.6 Å². The van der Waals surface area contributed by atoms with E-state index in [9.17, 15) is 8.42 Å². The van der Waals surface area contributed by atoms with E-state index in [1.54, 1.807) is 19.1 Å². The second kappa shape index (κ2) is 6.35. The zero-order valence-electron chi connectivity index (χ0n) is 12.1. The molecule has 0 aliphatic carbocycles. The van der Waals surface area contributed by atoms with Gasteiger partial charge in [-0.15, -0.1) is 0 Å². The van der Waals surface area contributed by atoms with Crippen LogP contribution in [0.15, 0.2) is 29.2 Å². The predicted octanol–water partition coefficient (Wildman–Crippen LogP) is 1.40. The van der Waals surface area contributed by atoms with Crippen molar-refractivity contribution >= 4 is 10.0 Å². The van der Waals surface area contributed by atoms with Crippen LogP contribution < -0.4 is 10.5 Å². The summed E-state index contributed by atoms with van der Waals surface area (Å²) in [5, 5.41) is 8.60. The first-order chi connectivity index (χ1) is 9.25. The van der Waals surface area contributed by atoms with E-state index in [2.05, 4.69) is 4.72 Å². The molecule has 20 heavy (non-hydrogen) atoms. The summed E-state index contributed by atoms with van der Waals surface area (Å²) in [4.78, 5) is 0.180. The van der Waals surface area contributed by atoms with E-state index in [4.69, 9.17) is 11.0 Å². The minimum absolute atomic E-state index is 0.0696. The molecule has 0 aliphatic rings. The lowest BCUT2D eigenvalue weighted by atomic mass is 9.90. The summed E-state index contributed by atoms with van der Waals surface area (Å²) >= 11 is 0. The number of sulfonamides is 1. The van der Waals surface area contributed by atoms with Crippen molar-refractivity contribution in [1.29, 1.82) is 5.26 Å². The molecule has 110 valence electrons. The molecule has 0 aliphatic heterocycles. The van der Waals surface area contributed by atoms with Crippen molar-refractivity contribution < 1.29 is 8.42 Å². The van der Waals surface area contributed by atoms with Crippen LogP contribution in [0.4, 0.5) is 0 Å². The molecule has 1 unspecified atom stereocenters. The van der Waals surface area contributed by atoms with Gasteiger partial charge in [-0.3, -0.25) is 0 Å². The molecule has 1 aromatic carbocycles. The van der Waals surface area contributed by atoms with Crippen LogP contribution in [0.3, 0.4) is 0 Å². The third kappa shape index (κ3) is 3.79. The molecule has 6 heteroatoms. The fourth-order valence-electron chi connectivity index (χ4n) is 1.64. The maximum atomic E-state index is 12.3. The largest absolute Gasteiger partial charge is 0.329 e. The summed E-state index contributed by atoms with van der Waals surface area (Å²) in [7, 11) is -3.62. The van der Waals surface area contributed by atoms with Gasteiger partial charge < -0.3 is 5.73 Å². The molecule has 3 N–H and O–H groups in total. The molecule has 0 saturated carbocycles. The molecule has 0 bridgehead atoms. The Bertz CT molecular complexity index is 588. The summed E-state index contributed by atoms with van der Waals surface area (Å²) in [6, 6.07) is 8.33. The highest BCUT2D eigenvalue weighted by Crippen LogP contribution is 2.19. The predicted molar refractivity (Wildman–Crippen MR) is 78.4 cm³/mol. The van der Waals surface area contributed by atoms with Crippen LogP contribution in [0.5, 0.6) is 0 Å². The van der Waals surface area contributed by atoms with Gasteiger partial charge in [0.2, 0.25) is 10.0 Å². The molecule has 0 amide bonds. The maximum Gasteiger partial charge on any atom is 0.241 e. The number of nitrogens with two attached hydrogens (primary N) is 1. The van der Waals surface area contributed by atoms with Gasteiger partial charge in [0.25, 0.3) is 0 Å². The summed E-state index contributed by atoms with van der Waals surface area (Å²) in [6.07, 6.45) is 0.264. The highest BCUT2D eigenvalue weighted by molar-refractivity contribution is 7.89. The van der Waals surface area contributed by atoms with Gasteiger partial charge in [0, 0.05) is 12.1 Å². The van der Waals surface area contributed by atoms with Gasteiger partial charge >= 0.3 is 0 Å². The molecule has 1 rings (SSSR count). The highest BCUT2D eigenvalue weighted by atomic mass is 32.2. The number of rotatable bonds is 6. The van der Waals surface area contributed by atoms with Crippen molar-refractivity contribution in [2.24, 2.45) is 11.7 Å². The monoisotopic (exact) mass is 295 g/mol. The van der Waals surface area contributed by atoms with E-state index in [1.807, 2.05) is 19.9 Å². The van der Waals surface area contributed by atoms with Gasteiger partial charge in [0.15, 0.2) is 0 Å². The molecule has 0 spiro atoms. The van der Waals surface area contributed by atoms with Crippen LogP contribution in [0.25, 0.3) is 0 Å². The van der Waals surface area contributed by atoms with Crippen molar-refractivity contribution in [1.82, 2.24) is 4.72 Å². The Morgan fingerprint density at radius 1 is 1.35 bits per heavy atom. The Morgan fingerprint density at radius 2 is 1.90 bits per heavy atom. The molecule has 0 aromatic heterocycles. The molecule has 1 atom stereocenters. The van der Waals surface area contributed by atoms with Crippen molar-refractivity contribution in [2.75, 3.05) is 6.54 Å². The standard InChI is InChI=1S/C14H21N3O2S/c1-11(2)14(3,10-16)17-20(18,19)13-6-4-12(5-7-13)8-9-15/h4-7,11,17H,8,10,16H2,1-3H3. The van der Waals surface area contributed by atoms with E-state index in [1.165, 1.54) is 12.1 Å². The van der Waals surface area contributed by atoms with Gasteiger partial charge in [-0.25, -0.2) is 13.1 Å². The number of benzene rings is 1. The smallest absolute Gasteiger partial charge is 0.241 e. The summed E-state index contributed by atoms with van der Waals surface area (Å²) < 4.78 is 27.4. The van der Waals surface area contributed by atoms with Crippen LogP contribution >= 0.6 is 0 Å². The third-order valence-corrected chi connectivity index (χ3v) is 5.21. The summed E-state index contributed by atoms with van der Waals surface area (Å²) in [5.74, 6) is 0.0696. The average molecular weight is 295 g/mol. The number of hydrogen-bond donors (Lipinski definition) is 2. The Balaban J connectivity index is 3.02. The number of nitriles is 1. The average Bonchev–Trinajstić information content (AvgIpc) is 2.39. The quantitative estimate of drug-likeness (QED) is 0.829. The van der Waals surface area contributed by atoms with Crippen LogP contribution in [0.2, 0.25) is 0 Å². The zero-order valence-corrected chi connectivity index (χ0v) is 12.9. The van der Waals surface area contributed by atoms with Gasteiger partial charge in [-0.05, 0) is 30.5 Å². The third-order valence-electron chi connectivity index (χ3n) is 3.58. The Kier molecular flexibility index (Phi) is 5.28. The molecule has 0 radical (unpaired) electrons. The molecule has 1 aromatic rings. The van der Waals surface area contributed by atoms with Crippen molar-refractivity contribution in [3.63, 3.8) is 0 Å². The number of hydrogen-bond acceptors (Lipinski definition) is 4. The Hall–Kier alpha value is -1.42. The molecular formula is C14H21N3O2S. The highest BCUT2D eigenvalue weighted by Gasteiger charge is 2.32. The first-order valence-electron chi connectivity index (χ1n) is 6.45. The summed E-state index contributed by atoms with van der Waals surface area (Å²) in [6.45, 7) is 5.85. The van der Waals surface area contributed by atoms with Crippen LogP contribution in [0.1, 0.15) is 26.3 Å². The lowest BCUT2D eigenvalue weighted by Gasteiger charge is -2.33.